The SMILES string of the molecule is C=COCC1CCC(COCC[Si](C)(C)O[Si](C)(C)CCOCC2CCC(COC=C)CC2)CC1. The fourth-order valence-corrected chi connectivity index (χ4v) is 13.6. The Kier molecular flexibility index (Phi) is 14.2. The van der Waals surface area contributed by atoms with Crippen molar-refractivity contribution in [2.24, 2.45) is 23.7 Å². The number of hydrogen-bond acceptors (Lipinski definition) is 5. The van der Waals surface area contributed by atoms with Gasteiger partial charge < -0.3 is 23.1 Å². The van der Waals surface area contributed by atoms with E-state index in [2.05, 4.69) is 39.3 Å². The zero-order chi connectivity index (χ0) is 25.6. The van der Waals surface area contributed by atoms with E-state index >= 15 is 0 Å². The smallest absolute Gasteiger partial charge is 0.175 e. The van der Waals surface area contributed by atoms with Crippen LogP contribution in [0.3, 0.4) is 0 Å². The second-order valence-electron chi connectivity index (χ2n) is 12.0. The molecule has 2 saturated carbocycles. The van der Waals surface area contributed by atoms with Crippen molar-refractivity contribution in [1.82, 2.24) is 0 Å². The molecule has 0 aliphatic heterocycles. The molecule has 7 heteroatoms. The van der Waals surface area contributed by atoms with Crippen molar-refractivity contribution in [2.75, 3.05) is 39.6 Å². The predicted octanol–water partition coefficient (Wildman–Crippen LogP) is 7.38. The molecule has 0 aromatic carbocycles. The van der Waals surface area contributed by atoms with Gasteiger partial charge in [-0.3, -0.25) is 0 Å². The average molecular weight is 527 g/mol. The summed E-state index contributed by atoms with van der Waals surface area (Å²) < 4.78 is 29.8. The normalized spacial score (nSPS) is 25.7. The van der Waals surface area contributed by atoms with Crippen LogP contribution in [-0.4, -0.2) is 56.3 Å². The van der Waals surface area contributed by atoms with Gasteiger partial charge in [0.25, 0.3) is 0 Å². The quantitative estimate of drug-likeness (QED) is 0.106. The van der Waals surface area contributed by atoms with Gasteiger partial charge in [0, 0.05) is 26.4 Å². The summed E-state index contributed by atoms with van der Waals surface area (Å²) in [6.45, 7) is 21.8. The Morgan fingerprint density at radius 1 is 0.571 bits per heavy atom. The van der Waals surface area contributed by atoms with E-state index in [-0.39, 0.29) is 0 Å². The van der Waals surface area contributed by atoms with Gasteiger partial charge in [-0.25, -0.2) is 0 Å². The Bertz CT molecular complexity index is 532. The summed E-state index contributed by atoms with van der Waals surface area (Å²) in [6.07, 6.45) is 13.2. The first-order valence-corrected chi connectivity index (χ1v) is 20.3. The molecule has 5 nitrogen and oxygen atoms in total. The van der Waals surface area contributed by atoms with Crippen molar-refractivity contribution in [1.29, 1.82) is 0 Å². The van der Waals surface area contributed by atoms with E-state index in [9.17, 15) is 0 Å². The van der Waals surface area contributed by atoms with E-state index in [4.69, 9.17) is 23.1 Å². The molecule has 0 heterocycles. The molecule has 0 N–H and O–H groups in total. The van der Waals surface area contributed by atoms with Gasteiger partial charge in [0.1, 0.15) is 0 Å². The average Bonchev–Trinajstić information content (AvgIpc) is 2.83. The minimum absolute atomic E-state index is 0.692. The first-order valence-electron chi connectivity index (χ1n) is 14.0. The van der Waals surface area contributed by atoms with Crippen LogP contribution >= 0.6 is 0 Å². The molecule has 0 spiro atoms. The van der Waals surface area contributed by atoms with Gasteiger partial charge in [0.05, 0.1) is 25.7 Å². The molecule has 2 aliphatic carbocycles. The predicted molar refractivity (Wildman–Crippen MR) is 150 cm³/mol. The molecule has 0 aromatic rings. The van der Waals surface area contributed by atoms with Crippen molar-refractivity contribution >= 4 is 16.6 Å². The first-order chi connectivity index (χ1) is 16.7. The number of rotatable bonds is 18. The molecule has 2 rings (SSSR count). The molecule has 2 fully saturated rings. The lowest BCUT2D eigenvalue weighted by molar-refractivity contribution is 0.0726. The van der Waals surface area contributed by atoms with Crippen molar-refractivity contribution in [3.8, 4) is 0 Å². The van der Waals surface area contributed by atoms with E-state index in [0.29, 0.717) is 23.7 Å². The van der Waals surface area contributed by atoms with Crippen LogP contribution in [-0.2, 0) is 23.1 Å². The third kappa shape index (κ3) is 13.5. The van der Waals surface area contributed by atoms with Crippen LogP contribution in [0, 0.1) is 23.7 Å². The van der Waals surface area contributed by atoms with Gasteiger partial charge in [0.2, 0.25) is 0 Å². The molecule has 0 amide bonds. The molecule has 35 heavy (non-hydrogen) atoms. The van der Waals surface area contributed by atoms with Crippen molar-refractivity contribution in [3.05, 3.63) is 25.7 Å². The highest BCUT2D eigenvalue weighted by atomic mass is 28.4. The molecular weight excluding hydrogens is 472 g/mol. The molecular formula is C28H54O5Si2. The highest BCUT2D eigenvalue weighted by Gasteiger charge is 2.33. The molecule has 0 bridgehead atoms. The second-order valence-corrected chi connectivity index (χ2v) is 20.9. The molecule has 0 aromatic heterocycles. The standard InChI is InChI=1S/C28H54O5Si2/c1-7-29-21-25-9-13-27(14-10-25)23-31-17-19-34(3,4)33-35(5,6)20-18-32-24-28-15-11-26(12-16-28)22-30-8-2/h7-8,25-28H,1-2,9-24H2,3-6H3. The van der Waals surface area contributed by atoms with Gasteiger partial charge in [-0.15, -0.1) is 0 Å². The summed E-state index contributed by atoms with van der Waals surface area (Å²) in [7, 11) is -3.45. The Labute approximate surface area is 218 Å². The van der Waals surface area contributed by atoms with Gasteiger partial charge in [-0.2, -0.15) is 0 Å². The monoisotopic (exact) mass is 526 g/mol. The third-order valence-electron chi connectivity index (χ3n) is 7.79. The highest BCUT2D eigenvalue weighted by molar-refractivity contribution is 6.84. The maximum Gasteiger partial charge on any atom is 0.175 e. The fraction of sp³-hybridized carbons (Fsp3) is 0.857. The van der Waals surface area contributed by atoms with E-state index < -0.39 is 16.6 Å². The lowest BCUT2D eigenvalue weighted by Gasteiger charge is -2.34. The lowest BCUT2D eigenvalue weighted by atomic mass is 9.83. The molecule has 0 radical (unpaired) electrons. The fourth-order valence-electron chi connectivity index (χ4n) is 5.52. The minimum atomic E-state index is -1.73. The zero-order valence-electron chi connectivity index (χ0n) is 23.2. The maximum atomic E-state index is 6.79. The van der Waals surface area contributed by atoms with Crippen LogP contribution in [0.5, 0.6) is 0 Å². The van der Waals surface area contributed by atoms with E-state index in [1.807, 2.05) is 0 Å². The van der Waals surface area contributed by atoms with E-state index in [1.54, 1.807) is 12.5 Å². The van der Waals surface area contributed by atoms with Crippen molar-refractivity contribution < 1.29 is 23.1 Å². The Morgan fingerprint density at radius 3 is 1.20 bits per heavy atom. The number of ether oxygens (including phenoxy) is 4. The zero-order valence-corrected chi connectivity index (χ0v) is 25.2. The first kappa shape index (κ1) is 30.6. The Balaban J connectivity index is 1.52. The molecule has 0 atom stereocenters. The molecule has 0 unspecified atom stereocenters. The van der Waals surface area contributed by atoms with E-state index in [1.165, 1.54) is 51.4 Å². The maximum absolute atomic E-state index is 6.79. The highest BCUT2D eigenvalue weighted by Crippen LogP contribution is 2.31. The second kappa shape index (κ2) is 16.3. The third-order valence-corrected chi connectivity index (χ3v) is 15.0. The topological polar surface area (TPSA) is 46.2 Å². The van der Waals surface area contributed by atoms with Gasteiger partial charge >= 0.3 is 0 Å². The van der Waals surface area contributed by atoms with Gasteiger partial charge in [-0.1, -0.05) is 13.2 Å². The number of hydrogen-bond donors (Lipinski definition) is 0. The summed E-state index contributed by atoms with van der Waals surface area (Å²) in [5, 5.41) is 0. The van der Waals surface area contributed by atoms with Crippen molar-refractivity contribution in [2.45, 2.75) is 89.6 Å². The van der Waals surface area contributed by atoms with Crippen LogP contribution in [0.2, 0.25) is 38.3 Å². The summed E-state index contributed by atoms with van der Waals surface area (Å²) in [5.41, 5.74) is 0. The Hall–Kier alpha value is -0.606. The van der Waals surface area contributed by atoms with Crippen LogP contribution in [0.1, 0.15) is 51.4 Å². The van der Waals surface area contributed by atoms with Crippen LogP contribution in [0.25, 0.3) is 0 Å². The van der Waals surface area contributed by atoms with Crippen molar-refractivity contribution in [3.63, 3.8) is 0 Å². The summed E-state index contributed by atoms with van der Waals surface area (Å²) in [4.78, 5) is 0. The van der Waals surface area contributed by atoms with Crippen LogP contribution < -0.4 is 0 Å². The minimum Gasteiger partial charge on any atom is -0.502 e. The van der Waals surface area contributed by atoms with Crippen LogP contribution in [0.15, 0.2) is 25.7 Å². The molecule has 0 saturated heterocycles. The summed E-state index contributed by atoms with van der Waals surface area (Å²) in [6, 6.07) is 2.15. The van der Waals surface area contributed by atoms with Gasteiger partial charge in [-0.05, 0) is 113 Å². The summed E-state index contributed by atoms with van der Waals surface area (Å²) >= 11 is 0. The van der Waals surface area contributed by atoms with E-state index in [0.717, 1.165) is 51.7 Å². The summed E-state index contributed by atoms with van der Waals surface area (Å²) in [5.74, 6) is 2.80. The van der Waals surface area contributed by atoms with Crippen LogP contribution in [0.4, 0.5) is 0 Å². The molecule has 2 aliphatic rings. The van der Waals surface area contributed by atoms with Gasteiger partial charge in [0.15, 0.2) is 16.6 Å². The molecule has 204 valence electrons. The largest absolute Gasteiger partial charge is 0.502 e. The Morgan fingerprint density at radius 2 is 0.886 bits per heavy atom. The lowest BCUT2D eigenvalue weighted by Crippen LogP contribution is -2.45.